The van der Waals surface area contributed by atoms with Gasteiger partial charge in [-0.05, 0) is 24.3 Å². The minimum atomic E-state index is -4.44. The van der Waals surface area contributed by atoms with Crippen molar-refractivity contribution in [2.75, 3.05) is 24.5 Å². The fourth-order valence-electron chi connectivity index (χ4n) is 3.34. The van der Waals surface area contributed by atoms with E-state index in [-0.39, 0.29) is 19.5 Å². The summed E-state index contributed by atoms with van der Waals surface area (Å²) in [5.74, 6) is -0.624. The Balaban J connectivity index is 1.78. The van der Waals surface area contributed by atoms with Gasteiger partial charge in [-0.2, -0.15) is 13.2 Å². The molecule has 0 bridgehead atoms. The van der Waals surface area contributed by atoms with Gasteiger partial charge in [0.2, 0.25) is 5.91 Å². The highest BCUT2D eigenvalue weighted by molar-refractivity contribution is 5.76. The van der Waals surface area contributed by atoms with Crippen LogP contribution < -0.4 is 15.7 Å². The third-order valence-corrected chi connectivity index (χ3v) is 4.75. The second-order valence-electron chi connectivity index (χ2n) is 6.71. The molecule has 3 rings (SSSR count). The summed E-state index contributed by atoms with van der Waals surface area (Å²) < 4.78 is 38.7. The molecule has 29 heavy (non-hydrogen) atoms. The van der Waals surface area contributed by atoms with Gasteiger partial charge in [-0.3, -0.25) is 9.78 Å². The first kappa shape index (κ1) is 20.4. The highest BCUT2D eigenvalue weighted by Crippen LogP contribution is 2.32. The number of aromatic nitrogens is 1. The molecule has 0 aliphatic carbocycles. The minimum Gasteiger partial charge on any atom is -0.530 e. The lowest BCUT2D eigenvalue weighted by Crippen LogP contribution is -2.59. The van der Waals surface area contributed by atoms with Gasteiger partial charge >= 0.3 is 6.18 Å². The van der Waals surface area contributed by atoms with E-state index in [0.717, 1.165) is 17.0 Å². The lowest BCUT2D eigenvalue weighted by Gasteiger charge is -2.43. The molecule has 1 aliphatic rings. The van der Waals surface area contributed by atoms with Crippen LogP contribution in [-0.4, -0.2) is 47.6 Å². The Kier molecular flexibility index (Phi) is 5.62. The van der Waals surface area contributed by atoms with E-state index in [9.17, 15) is 27.9 Å². The molecule has 0 radical (unpaired) electrons. The van der Waals surface area contributed by atoms with Gasteiger partial charge in [0.05, 0.1) is 29.2 Å². The van der Waals surface area contributed by atoms with Crippen LogP contribution in [0.15, 0.2) is 42.6 Å². The van der Waals surface area contributed by atoms with Crippen molar-refractivity contribution < 1.29 is 27.9 Å². The molecule has 1 atom stereocenters. The number of hydrogen-bond acceptors (Lipinski definition) is 5. The smallest absolute Gasteiger partial charge is 0.416 e. The molecule has 7 nitrogen and oxygen atoms in total. The Bertz CT molecular complexity index is 902. The number of nitrogens with two attached hydrogens (primary N) is 1. The third kappa shape index (κ3) is 4.76. The monoisotopic (exact) mass is 407 g/mol. The van der Waals surface area contributed by atoms with E-state index in [4.69, 9.17) is 5.73 Å². The molecule has 1 saturated heterocycles. The summed E-state index contributed by atoms with van der Waals surface area (Å²) in [6.07, 6.45) is -4.44. The van der Waals surface area contributed by atoms with Gasteiger partial charge in [-0.1, -0.05) is 12.1 Å². The molecule has 154 valence electrons. The highest BCUT2D eigenvalue weighted by Gasteiger charge is 2.31. The number of rotatable bonds is 4. The number of alkyl halides is 3. The van der Waals surface area contributed by atoms with Crippen molar-refractivity contribution in [3.05, 3.63) is 48.2 Å². The summed E-state index contributed by atoms with van der Waals surface area (Å²) in [4.78, 5) is 29.7. The van der Waals surface area contributed by atoms with E-state index in [2.05, 4.69) is 4.98 Å². The molecular formula is C19H18F3N4O3-. The van der Waals surface area contributed by atoms with Crippen LogP contribution in [0.4, 0.5) is 23.7 Å². The van der Waals surface area contributed by atoms with E-state index in [1.165, 1.54) is 12.3 Å². The van der Waals surface area contributed by atoms with E-state index in [1.54, 1.807) is 18.2 Å². The average Bonchev–Trinajstić information content (AvgIpc) is 2.67. The van der Waals surface area contributed by atoms with Gasteiger partial charge in [-0.15, -0.1) is 0 Å². The number of carbonyl (C=O) groups excluding carboxylic acids is 2. The number of nitrogens with zero attached hydrogens (tertiary/aromatic N) is 3. The molecule has 1 fully saturated rings. The van der Waals surface area contributed by atoms with Gasteiger partial charge in [0.25, 0.3) is 0 Å². The summed E-state index contributed by atoms with van der Waals surface area (Å²) >= 11 is 0. The molecule has 2 heterocycles. The predicted octanol–water partition coefficient (Wildman–Crippen LogP) is 1.48. The quantitative estimate of drug-likeness (QED) is 0.827. The Morgan fingerprint density at radius 2 is 1.97 bits per heavy atom. The molecule has 1 aliphatic heterocycles. The summed E-state index contributed by atoms with van der Waals surface area (Å²) in [5, 5.41) is 11.2. The molecule has 0 saturated carbocycles. The van der Waals surface area contributed by atoms with Crippen LogP contribution >= 0.6 is 0 Å². The lowest BCUT2D eigenvalue weighted by atomic mass is 10.1. The first-order chi connectivity index (χ1) is 13.6. The maximum absolute atomic E-state index is 12.9. The molecule has 2 aromatic rings. The number of hydrogen-bond donors (Lipinski definition) is 1. The molecule has 2 amide bonds. The molecule has 1 aromatic heterocycles. The van der Waals surface area contributed by atoms with Crippen LogP contribution in [0.25, 0.3) is 11.3 Å². The Morgan fingerprint density at radius 1 is 1.21 bits per heavy atom. The summed E-state index contributed by atoms with van der Waals surface area (Å²) in [7, 11) is 0. The van der Waals surface area contributed by atoms with E-state index < -0.39 is 29.8 Å². The summed E-state index contributed by atoms with van der Waals surface area (Å²) in [5.41, 5.74) is 5.82. The molecule has 10 heteroatoms. The maximum atomic E-state index is 12.9. The zero-order valence-corrected chi connectivity index (χ0v) is 15.2. The Morgan fingerprint density at radius 3 is 2.55 bits per heavy atom. The largest absolute Gasteiger partial charge is 0.530 e. The molecular weight excluding hydrogens is 389 g/mol. The molecule has 1 aromatic carbocycles. The van der Waals surface area contributed by atoms with Crippen molar-refractivity contribution in [3.63, 3.8) is 0 Å². The fraction of sp³-hybridized carbons (Fsp3) is 0.316. The Labute approximate surface area is 164 Å². The third-order valence-electron chi connectivity index (χ3n) is 4.75. The topological polar surface area (TPSA) is 103 Å². The predicted molar refractivity (Wildman–Crippen MR) is 96.6 cm³/mol. The second-order valence-corrected chi connectivity index (χ2v) is 6.71. The highest BCUT2D eigenvalue weighted by atomic mass is 19.4. The molecule has 0 spiro atoms. The number of anilines is 1. The van der Waals surface area contributed by atoms with Gasteiger partial charge in [0.15, 0.2) is 0 Å². The normalized spacial score (nSPS) is 17.3. The summed E-state index contributed by atoms with van der Waals surface area (Å²) in [6.45, 7) is 0.713. The number of pyridine rings is 1. The van der Waals surface area contributed by atoms with Crippen LogP contribution in [0.2, 0.25) is 0 Å². The molecule has 1 unspecified atom stereocenters. The number of halogens is 3. The van der Waals surface area contributed by atoms with Crippen molar-refractivity contribution in [1.29, 1.82) is 0 Å². The van der Waals surface area contributed by atoms with Crippen LogP contribution in [0.1, 0.15) is 12.0 Å². The van der Waals surface area contributed by atoms with Gasteiger partial charge in [-0.25, -0.2) is 0 Å². The lowest BCUT2D eigenvalue weighted by molar-refractivity contribution is -0.268. The Hall–Kier alpha value is -3.30. The van der Waals surface area contributed by atoms with Crippen LogP contribution in [0.3, 0.4) is 0 Å². The number of carbonyl (C=O) groups is 2. The summed E-state index contributed by atoms with van der Waals surface area (Å²) in [6, 6.07) is 7.53. The number of piperazine rings is 1. The number of carboxylic acid groups (broad SMARTS) is 1. The van der Waals surface area contributed by atoms with Crippen LogP contribution in [0.5, 0.6) is 0 Å². The van der Waals surface area contributed by atoms with E-state index >= 15 is 0 Å². The van der Waals surface area contributed by atoms with Crippen LogP contribution in [-0.2, 0) is 11.0 Å². The van der Waals surface area contributed by atoms with Gasteiger partial charge in [0, 0.05) is 31.6 Å². The standard InChI is InChI=1S/C19H19F3N4O3/c20-19(21,22)13-3-1-2-12(8-13)16-5-4-14(10-24-16)25-6-7-26(18(28)29)15(11-25)9-17(23)27/h1-5,8,10,15H,6-7,9,11H2,(H2,23,27)(H,28,29)/p-1. The zero-order valence-electron chi connectivity index (χ0n) is 15.2. The average molecular weight is 407 g/mol. The van der Waals surface area contributed by atoms with Crippen molar-refractivity contribution in [1.82, 2.24) is 9.88 Å². The van der Waals surface area contributed by atoms with Crippen molar-refractivity contribution >= 4 is 17.7 Å². The van der Waals surface area contributed by atoms with Crippen molar-refractivity contribution in [3.8, 4) is 11.3 Å². The van der Waals surface area contributed by atoms with Crippen LogP contribution in [0, 0.1) is 0 Å². The SMILES string of the molecule is NC(=O)CC1CN(c2ccc(-c3cccc(C(F)(F)F)c3)nc2)CCN1C(=O)[O-]. The second kappa shape index (κ2) is 7.98. The van der Waals surface area contributed by atoms with E-state index in [1.807, 2.05) is 4.90 Å². The zero-order chi connectivity index (χ0) is 21.2. The minimum absolute atomic E-state index is 0.135. The van der Waals surface area contributed by atoms with E-state index in [0.29, 0.717) is 23.5 Å². The van der Waals surface area contributed by atoms with Gasteiger partial charge < -0.3 is 25.4 Å². The van der Waals surface area contributed by atoms with Crippen molar-refractivity contribution in [2.45, 2.75) is 18.6 Å². The number of amides is 2. The number of benzene rings is 1. The van der Waals surface area contributed by atoms with Crippen molar-refractivity contribution in [2.24, 2.45) is 5.73 Å². The first-order valence-corrected chi connectivity index (χ1v) is 8.79. The first-order valence-electron chi connectivity index (χ1n) is 8.79. The maximum Gasteiger partial charge on any atom is 0.416 e. The number of primary amides is 1. The van der Waals surface area contributed by atoms with Gasteiger partial charge in [0.1, 0.15) is 6.09 Å². The fourth-order valence-corrected chi connectivity index (χ4v) is 3.34. The molecule has 2 N–H and O–H groups in total.